The van der Waals surface area contributed by atoms with Gasteiger partial charge in [0.15, 0.2) is 0 Å². The zero-order chi connectivity index (χ0) is 19.9. The average molecular weight is 401 g/mol. The molecule has 0 amide bonds. The zero-order valence-corrected chi connectivity index (χ0v) is 16.6. The second-order valence-corrected chi connectivity index (χ2v) is 7.74. The van der Waals surface area contributed by atoms with E-state index in [1.165, 1.54) is 18.3 Å². The first-order valence-corrected chi connectivity index (χ1v) is 9.62. The van der Waals surface area contributed by atoms with Crippen LogP contribution in [-0.4, -0.2) is 15.5 Å². The van der Waals surface area contributed by atoms with Crippen molar-refractivity contribution in [1.82, 2.24) is 4.57 Å². The Morgan fingerprint density at radius 2 is 2.07 bits per heavy atom. The van der Waals surface area contributed by atoms with Crippen LogP contribution in [0.15, 0.2) is 29.1 Å². The standard InChI is InChI=1S/C20H17ClN2O3S/c1-4-10(2)23-19(25)13(9-22)11(3)15(20(23)26)17(24)18-16(21)12-7-5-6-8-14(12)27-18/h5-8,10,26H,4H2,1-3H3. The smallest absolute Gasteiger partial charge is 0.271 e. The number of nitrogens with zero attached hydrogens (tertiary/aromatic N) is 2. The molecule has 1 N–H and O–H groups in total. The van der Waals surface area contributed by atoms with Crippen LogP contribution < -0.4 is 5.56 Å². The second-order valence-electron chi connectivity index (χ2n) is 6.31. The lowest BCUT2D eigenvalue weighted by Crippen LogP contribution is -2.28. The van der Waals surface area contributed by atoms with Crippen LogP contribution in [0, 0.1) is 18.3 Å². The molecule has 2 aromatic heterocycles. The van der Waals surface area contributed by atoms with Crippen LogP contribution in [0.1, 0.15) is 52.7 Å². The van der Waals surface area contributed by atoms with Crippen molar-refractivity contribution in [3.05, 3.63) is 61.2 Å². The largest absolute Gasteiger partial charge is 0.494 e. The highest BCUT2D eigenvalue weighted by atomic mass is 35.5. The number of rotatable bonds is 4. The van der Waals surface area contributed by atoms with Crippen molar-refractivity contribution in [1.29, 1.82) is 5.26 Å². The molecule has 3 rings (SSSR count). The van der Waals surface area contributed by atoms with Crippen LogP contribution in [0.25, 0.3) is 10.1 Å². The van der Waals surface area contributed by atoms with E-state index < -0.39 is 17.2 Å². The lowest BCUT2D eigenvalue weighted by atomic mass is 10.00. The summed E-state index contributed by atoms with van der Waals surface area (Å²) in [6.07, 6.45) is 0.554. The van der Waals surface area contributed by atoms with Crippen LogP contribution in [0.4, 0.5) is 0 Å². The number of nitriles is 1. The molecule has 0 aliphatic heterocycles. The van der Waals surface area contributed by atoms with Crippen molar-refractivity contribution in [3.8, 4) is 11.9 Å². The molecule has 0 radical (unpaired) electrons. The fourth-order valence-corrected chi connectivity index (χ4v) is 4.52. The van der Waals surface area contributed by atoms with Gasteiger partial charge in [-0.05, 0) is 31.9 Å². The molecule has 1 unspecified atom stereocenters. The quantitative estimate of drug-likeness (QED) is 0.637. The summed E-state index contributed by atoms with van der Waals surface area (Å²) in [6, 6.07) is 8.86. The lowest BCUT2D eigenvalue weighted by molar-refractivity contribution is 0.103. The minimum atomic E-state index is -0.596. The molecule has 5 nitrogen and oxygen atoms in total. The summed E-state index contributed by atoms with van der Waals surface area (Å²) in [5.74, 6) is -0.922. The number of carbonyl (C=O) groups is 1. The van der Waals surface area contributed by atoms with Crippen LogP contribution in [0.3, 0.4) is 0 Å². The summed E-state index contributed by atoms with van der Waals surface area (Å²) >= 11 is 7.63. The molecule has 0 bridgehead atoms. The molecular formula is C20H17ClN2O3S. The first-order chi connectivity index (χ1) is 12.8. The summed E-state index contributed by atoms with van der Waals surface area (Å²) in [5, 5.41) is 21.3. The lowest BCUT2D eigenvalue weighted by Gasteiger charge is -2.19. The van der Waals surface area contributed by atoms with Crippen LogP contribution >= 0.6 is 22.9 Å². The molecule has 0 aliphatic rings. The van der Waals surface area contributed by atoms with E-state index in [0.29, 0.717) is 11.4 Å². The van der Waals surface area contributed by atoms with Gasteiger partial charge in [0.2, 0.25) is 11.7 Å². The van der Waals surface area contributed by atoms with Gasteiger partial charge in [0.05, 0.1) is 15.5 Å². The molecule has 0 aliphatic carbocycles. The normalized spacial score (nSPS) is 12.1. The van der Waals surface area contributed by atoms with Crippen molar-refractivity contribution < 1.29 is 9.90 Å². The molecule has 0 fully saturated rings. The number of carbonyl (C=O) groups excluding carboxylic acids is 1. The van der Waals surface area contributed by atoms with Crippen molar-refractivity contribution in [2.75, 3.05) is 0 Å². The van der Waals surface area contributed by atoms with Crippen LogP contribution in [-0.2, 0) is 0 Å². The second kappa shape index (κ2) is 7.18. The number of hydrogen-bond acceptors (Lipinski definition) is 5. The maximum Gasteiger partial charge on any atom is 0.271 e. The van der Waals surface area contributed by atoms with E-state index in [-0.39, 0.29) is 27.6 Å². The number of benzene rings is 1. The first kappa shape index (κ1) is 19.2. The van der Waals surface area contributed by atoms with Gasteiger partial charge in [-0.3, -0.25) is 14.2 Å². The summed E-state index contributed by atoms with van der Waals surface area (Å²) < 4.78 is 1.96. The van der Waals surface area contributed by atoms with Crippen molar-refractivity contribution >= 4 is 38.8 Å². The van der Waals surface area contributed by atoms with E-state index in [2.05, 4.69) is 0 Å². The van der Waals surface area contributed by atoms with Crippen molar-refractivity contribution in [2.45, 2.75) is 33.2 Å². The van der Waals surface area contributed by atoms with Crippen LogP contribution in [0.5, 0.6) is 5.88 Å². The number of pyridine rings is 1. The Morgan fingerprint density at radius 3 is 2.67 bits per heavy atom. The van der Waals surface area contributed by atoms with Gasteiger partial charge >= 0.3 is 0 Å². The Morgan fingerprint density at radius 1 is 1.41 bits per heavy atom. The van der Waals surface area contributed by atoms with E-state index >= 15 is 0 Å². The number of aromatic nitrogens is 1. The van der Waals surface area contributed by atoms with Gasteiger partial charge in [0.1, 0.15) is 11.6 Å². The average Bonchev–Trinajstić information content (AvgIpc) is 2.98. The number of hydrogen-bond donors (Lipinski definition) is 1. The first-order valence-electron chi connectivity index (χ1n) is 8.43. The third-order valence-electron chi connectivity index (χ3n) is 4.75. The summed E-state index contributed by atoms with van der Waals surface area (Å²) in [6.45, 7) is 5.10. The summed E-state index contributed by atoms with van der Waals surface area (Å²) in [7, 11) is 0. The van der Waals surface area contributed by atoms with Crippen molar-refractivity contribution in [2.24, 2.45) is 0 Å². The Hall–Kier alpha value is -2.62. The molecule has 3 aromatic rings. The van der Waals surface area contributed by atoms with Crippen molar-refractivity contribution in [3.63, 3.8) is 0 Å². The van der Waals surface area contributed by atoms with Gasteiger partial charge in [-0.2, -0.15) is 5.26 Å². The van der Waals surface area contributed by atoms with Gasteiger partial charge in [0.25, 0.3) is 5.56 Å². The Bertz CT molecular complexity index is 1170. The van der Waals surface area contributed by atoms with Gasteiger partial charge in [-0.15, -0.1) is 11.3 Å². The molecule has 1 atom stereocenters. The highest BCUT2D eigenvalue weighted by Crippen LogP contribution is 2.38. The minimum Gasteiger partial charge on any atom is -0.494 e. The van der Waals surface area contributed by atoms with E-state index in [1.54, 1.807) is 6.92 Å². The fraction of sp³-hybridized carbons (Fsp3) is 0.250. The number of ketones is 1. The molecule has 27 heavy (non-hydrogen) atoms. The maximum atomic E-state index is 13.3. The summed E-state index contributed by atoms with van der Waals surface area (Å²) in [4.78, 5) is 26.1. The third-order valence-corrected chi connectivity index (χ3v) is 6.42. The molecule has 7 heteroatoms. The van der Waals surface area contributed by atoms with Gasteiger partial charge in [-0.1, -0.05) is 36.7 Å². The number of fused-ring (bicyclic) bond motifs is 1. The monoisotopic (exact) mass is 400 g/mol. The van der Waals surface area contributed by atoms with E-state index in [0.717, 1.165) is 14.7 Å². The zero-order valence-electron chi connectivity index (χ0n) is 15.0. The van der Waals surface area contributed by atoms with Crippen LogP contribution in [0.2, 0.25) is 5.02 Å². The number of halogens is 1. The minimum absolute atomic E-state index is 0.0556. The molecule has 2 heterocycles. The third kappa shape index (κ3) is 2.93. The number of aromatic hydroxyl groups is 1. The van der Waals surface area contributed by atoms with E-state index in [1.807, 2.05) is 37.3 Å². The van der Waals surface area contributed by atoms with Gasteiger partial charge < -0.3 is 5.11 Å². The SMILES string of the molecule is CCC(C)n1c(O)c(C(=O)c2sc3ccccc3c2Cl)c(C)c(C#N)c1=O. The van der Waals surface area contributed by atoms with E-state index in [9.17, 15) is 20.0 Å². The topological polar surface area (TPSA) is 83.1 Å². The molecule has 138 valence electrons. The molecule has 0 spiro atoms. The van der Waals surface area contributed by atoms with Gasteiger partial charge in [-0.25, -0.2) is 0 Å². The Labute approximate surface area is 165 Å². The highest BCUT2D eigenvalue weighted by molar-refractivity contribution is 7.21. The Kier molecular flexibility index (Phi) is 5.09. The van der Waals surface area contributed by atoms with Gasteiger partial charge in [0, 0.05) is 16.1 Å². The molecule has 0 saturated carbocycles. The summed E-state index contributed by atoms with van der Waals surface area (Å²) in [5.41, 5.74) is -0.632. The number of thiophene rings is 1. The molecule has 0 saturated heterocycles. The van der Waals surface area contributed by atoms with E-state index in [4.69, 9.17) is 11.6 Å². The highest BCUT2D eigenvalue weighted by Gasteiger charge is 2.29. The molecule has 1 aromatic carbocycles. The predicted octanol–water partition coefficient (Wildman–Crippen LogP) is 4.80. The Balaban J connectivity index is 2.33. The fourth-order valence-electron chi connectivity index (χ4n) is 3.06. The predicted molar refractivity (Wildman–Crippen MR) is 107 cm³/mol. The molecular weight excluding hydrogens is 384 g/mol. The maximum absolute atomic E-state index is 13.3.